The van der Waals surface area contributed by atoms with Gasteiger partial charge in [-0.15, -0.1) is 0 Å². The second-order valence-electron chi connectivity index (χ2n) is 7.16. The number of aromatic nitrogens is 2. The number of hydroxylamine groups is 1. The van der Waals surface area contributed by atoms with E-state index < -0.39 is 5.82 Å². The maximum atomic E-state index is 14.0. The Morgan fingerprint density at radius 3 is 2.81 bits per heavy atom. The maximum Gasteiger partial charge on any atom is 0.247 e. The summed E-state index contributed by atoms with van der Waals surface area (Å²) in [4.78, 5) is 20.1. The number of anilines is 1. The highest BCUT2D eigenvalue weighted by Gasteiger charge is 2.28. The zero-order valence-corrected chi connectivity index (χ0v) is 15.9. The van der Waals surface area contributed by atoms with Gasteiger partial charge in [-0.2, -0.15) is 10.2 Å². The van der Waals surface area contributed by atoms with Crippen LogP contribution in [-0.2, 0) is 16.2 Å². The fraction of sp³-hybridized carbons (Fsp3) is 0.500. The first-order valence-corrected chi connectivity index (χ1v) is 9.42. The lowest BCUT2D eigenvalue weighted by atomic mass is 9.87. The van der Waals surface area contributed by atoms with Crippen molar-refractivity contribution in [2.75, 3.05) is 31.3 Å². The standard InChI is InChI=1S/C20H27FN4O2/c1-16-14-23(12-13-24-10-5-9-22-24)11-8-18(16)15-27-25(17(2)26)20-7-4-3-6-19(20)21/h3-7,9-10,16,18H,8,11-15H2,1-2H3/t16-,18+/m1/s1. The van der Waals surface area contributed by atoms with Gasteiger partial charge in [0.15, 0.2) is 0 Å². The Kier molecular flexibility index (Phi) is 6.58. The fourth-order valence-electron chi connectivity index (χ4n) is 3.52. The van der Waals surface area contributed by atoms with E-state index in [9.17, 15) is 9.18 Å². The molecule has 0 bridgehead atoms. The number of hydrogen-bond acceptors (Lipinski definition) is 4. The summed E-state index contributed by atoms with van der Waals surface area (Å²) >= 11 is 0. The summed E-state index contributed by atoms with van der Waals surface area (Å²) in [5.74, 6) is -0.0241. The van der Waals surface area contributed by atoms with Crippen molar-refractivity contribution in [3.8, 4) is 0 Å². The van der Waals surface area contributed by atoms with Gasteiger partial charge >= 0.3 is 0 Å². The van der Waals surface area contributed by atoms with Crippen LogP contribution in [0.5, 0.6) is 0 Å². The fourth-order valence-corrected chi connectivity index (χ4v) is 3.52. The second kappa shape index (κ2) is 9.10. The topological polar surface area (TPSA) is 50.6 Å². The van der Waals surface area contributed by atoms with Crippen LogP contribution in [0.15, 0.2) is 42.7 Å². The molecule has 0 unspecified atom stereocenters. The van der Waals surface area contributed by atoms with E-state index in [0.717, 1.165) is 37.7 Å². The van der Waals surface area contributed by atoms with Gasteiger partial charge in [-0.25, -0.2) is 4.39 Å². The molecule has 7 heteroatoms. The van der Waals surface area contributed by atoms with E-state index in [-0.39, 0.29) is 11.6 Å². The second-order valence-corrected chi connectivity index (χ2v) is 7.16. The van der Waals surface area contributed by atoms with Gasteiger partial charge < -0.3 is 4.90 Å². The first-order valence-electron chi connectivity index (χ1n) is 9.42. The van der Waals surface area contributed by atoms with Crippen LogP contribution < -0.4 is 5.06 Å². The number of nitrogens with zero attached hydrogens (tertiary/aromatic N) is 4. The number of piperidine rings is 1. The molecule has 146 valence electrons. The van der Waals surface area contributed by atoms with Crippen molar-refractivity contribution in [1.29, 1.82) is 0 Å². The Bertz CT molecular complexity index is 737. The van der Waals surface area contributed by atoms with Gasteiger partial charge in [0.25, 0.3) is 0 Å². The quantitative estimate of drug-likeness (QED) is 0.699. The van der Waals surface area contributed by atoms with Crippen LogP contribution in [0.2, 0.25) is 0 Å². The third-order valence-electron chi connectivity index (χ3n) is 5.15. The average Bonchev–Trinajstić information content (AvgIpc) is 3.16. The van der Waals surface area contributed by atoms with Gasteiger partial charge in [-0.1, -0.05) is 19.1 Å². The monoisotopic (exact) mass is 374 g/mol. The minimum Gasteiger partial charge on any atom is -0.301 e. The third-order valence-corrected chi connectivity index (χ3v) is 5.15. The Hall–Kier alpha value is -2.25. The molecule has 27 heavy (non-hydrogen) atoms. The van der Waals surface area contributed by atoms with Crippen molar-refractivity contribution >= 4 is 11.6 Å². The Morgan fingerprint density at radius 1 is 1.33 bits per heavy atom. The highest BCUT2D eigenvalue weighted by Crippen LogP contribution is 2.26. The highest BCUT2D eigenvalue weighted by molar-refractivity contribution is 5.89. The van der Waals surface area contributed by atoms with Gasteiger partial charge in [-0.05, 0) is 43.0 Å². The molecule has 3 rings (SSSR count). The lowest BCUT2D eigenvalue weighted by Gasteiger charge is -2.37. The minimum absolute atomic E-state index is 0.161. The molecule has 1 saturated heterocycles. The molecule has 0 N–H and O–H groups in total. The first kappa shape index (κ1) is 19.5. The summed E-state index contributed by atoms with van der Waals surface area (Å²) in [5.41, 5.74) is 0.161. The van der Waals surface area contributed by atoms with Crippen molar-refractivity contribution in [3.05, 3.63) is 48.5 Å². The number of benzene rings is 1. The smallest absolute Gasteiger partial charge is 0.247 e. The Labute approximate surface area is 159 Å². The molecular formula is C20H27FN4O2. The van der Waals surface area contributed by atoms with Crippen molar-refractivity contribution in [2.45, 2.75) is 26.8 Å². The Balaban J connectivity index is 1.50. The number of para-hydroxylation sites is 1. The molecule has 1 aromatic heterocycles. The summed E-state index contributed by atoms with van der Waals surface area (Å²) in [6.45, 7) is 7.81. The largest absolute Gasteiger partial charge is 0.301 e. The van der Waals surface area contributed by atoms with E-state index in [1.807, 2.05) is 16.9 Å². The lowest BCUT2D eigenvalue weighted by molar-refractivity contribution is -0.125. The number of amides is 1. The van der Waals surface area contributed by atoms with Crippen molar-refractivity contribution < 1.29 is 14.0 Å². The number of hydrogen-bond donors (Lipinski definition) is 0. The maximum absolute atomic E-state index is 14.0. The predicted octanol–water partition coefficient (Wildman–Crippen LogP) is 2.96. The van der Waals surface area contributed by atoms with Crippen LogP contribution in [0.1, 0.15) is 20.3 Å². The predicted molar refractivity (Wildman–Crippen MR) is 101 cm³/mol. The van der Waals surface area contributed by atoms with E-state index in [2.05, 4.69) is 16.9 Å². The molecule has 0 aliphatic carbocycles. The lowest BCUT2D eigenvalue weighted by Crippen LogP contribution is -2.43. The molecule has 6 nitrogen and oxygen atoms in total. The zero-order valence-electron chi connectivity index (χ0n) is 15.9. The molecule has 0 spiro atoms. The zero-order chi connectivity index (χ0) is 19.2. The van der Waals surface area contributed by atoms with Gasteiger partial charge in [-0.3, -0.25) is 14.3 Å². The van der Waals surface area contributed by atoms with E-state index in [1.165, 1.54) is 13.0 Å². The van der Waals surface area contributed by atoms with E-state index in [0.29, 0.717) is 18.4 Å². The molecule has 2 atom stereocenters. The number of carbonyl (C=O) groups is 1. The molecule has 2 heterocycles. The van der Waals surface area contributed by atoms with Crippen LogP contribution in [0.3, 0.4) is 0 Å². The van der Waals surface area contributed by atoms with Crippen LogP contribution in [0, 0.1) is 17.7 Å². The normalized spacial score (nSPS) is 20.6. The van der Waals surface area contributed by atoms with Crippen LogP contribution >= 0.6 is 0 Å². The van der Waals surface area contributed by atoms with Crippen LogP contribution in [-0.4, -0.2) is 46.8 Å². The van der Waals surface area contributed by atoms with Crippen molar-refractivity contribution in [1.82, 2.24) is 14.7 Å². The van der Waals surface area contributed by atoms with Crippen LogP contribution in [0.25, 0.3) is 0 Å². The van der Waals surface area contributed by atoms with E-state index in [1.54, 1.807) is 24.4 Å². The van der Waals surface area contributed by atoms with Gasteiger partial charge in [0.1, 0.15) is 11.5 Å². The molecule has 1 aliphatic heterocycles. The van der Waals surface area contributed by atoms with Crippen LogP contribution in [0.4, 0.5) is 10.1 Å². The van der Waals surface area contributed by atoms with Crippen molar-refractivity contribution in [2.24, 2.45) is 11.8 Å². The van der Waals surface area contributed by atoms with Gasteiger partial charge in [0.2, 0.25) is 5.91 Å². The first-order chi connectivity index (χ1) is 13.0. The number of carbonyl (C=O) groups excluding carboxylic acids is 1. The summed E-state index contributed by atoms with van der Waals surface area (Å²) < 4.78 is 16.0. The number of rotatable bonds is 7. The SMILES string of the molecule is CC(=O)N(OC[C@@H]1CCN(CCn2cccn2)C[C@H]1C)c1ccccc1F. The summed E-state index contributed by atoms with van der Waals surface area (Å²) in [6, 6.07) is 8.10. The number of halogens is 1. The average molecular weight is 374 g/mol. The van der Waals surface area contributed by atoms with Crippen molar-refractivity contribution in [3.63, 3.8) is 0 Å². The molecule has 0 radical (unpaired) electrons. The highest BCUT2D eigenvalue weighted by atomic mass is 19.1. The number of likely N-dealkylation sites (tertiary alicyclic amines) is 1. The van der Waals surface area contributed by atoms with Gasteiger partial charge in [0.05, 0.1) is 13.2 Å². The molecule has 2 aromatic rings. The summed E-state index contributed by atoms with van der Waals surface area (Å²) in [6.07, 6.45) is 4.76. The molecule has 0 saturated carbocycles. The molecule has 1 aliphatic rings. The van der Waals surface area contributed by atoms with E-state index >= 15 is 0 Å². The summed E-state index contributed by atoms with van der Waals surface area (Å²) in [7, 11) is 0. The van der Waals surface area contributed by atoms with Gasteiger partial charge in [0, 0.05) is 32.4 Å². The third kappa shape index (κ3) is 5.14. The molecule has 1 fully saturated rings. The minimum atomic E-state index is -0.464. The Morgan fingerprint density at radius 2 is 2.15 bits per heavy atom. The molecular weight excluding hydrogens is 347 g/mol. The van der Waals surface area contributed by atoms with E-state index in [4.69, 9.17) is 4.84 Å². The molecule has 1 aromatic carbocycles. The summed E-state index contributed by atoms with van der Waals surface area (Å²) in [5, 5.41) is 5.31. The molecule has 1 amide bonds.